The summed E-state index contributed by atoms with van der Waals surface area (Å²) in [6.07, 6.45) is 0. The first kappa shape index (κ1) is 15.1. The molecule has 0 fully saturated rings. The van der Waals surface area contributed by atoms with Crippen molar-refractivity contribution < 1.29 is 9.59 Å². The average Bonchev–Trinajstić information content (AvgIpc) is 2.45. The predicted octanol–water partition coefficient (Wildman–Crippen LogP) is 3.02. The van der Waals surface area contributed by atoms with Gasteiger partial charge in [0.1, 0.15) is 0 Å². The Hall–Kier alpha value is -2.33. The minimum atomic E-state index is -0.314. The molecule has 0 aliphatic rings. The number of aryl methyl sites for hydroxylation is 1. The summed E-state index contributed by atoms with van der Waals surface area (Å²) < 4.78 is 0. The molecule has 2 amide bonds. The third-order valence-electron chi connectivity index (χ3n) is 2.82. The minimum absolute atomic E-state index is 0.0879. The van der Waals surface area contributed by atoms with E-state index in [0.717, 1.165) is 5.56 Å². The van der Waals surface area contributed by atoms with E-state index >= 15 is 0 Å². The molecule has 0 unspecified atom stereocenters. The maximum Gasteiger partial charge on any atom is 0.251 e. The minimum Gasteiger partial charge on any atom is -0.343 e. The van der Waals surface area contributed by atoms with Crippen molar-refractivity contribution in [2.24, 2.45) is 0 Å². The normalized spacial score (nSPS) is 10.0. The molecule has 0 saturated heterocycles. The quantitative estimate of drug-likeness (QED) is 0.912. The van der Waals surface area contributed by atoms with E-state index in [9.17, 15) is 9.59 Å². The highest BCUT2D eigenvalue weighted by molar-refractivity contribution is 6.30. The fourth-order valence-electron chi connectivity index (χ4n) is 1.79. The SMILES string of the molecule is Cc1cccc(NC(=O)CNC(=O)c2ccc(Cl)cc2)c1. The second-order valence-electron chi connectivity index (χ2n) is 4.61. The molecule has 21 heavy (non-hydrogen) atoms. The Morgan fingerprint density at radius 3 is 2.48 bits per heavy atom. The smallest absolute Gasteiger partial charge is 0.251 e. The van der Waals surface area contributed by atoms with Gasteiger partial charge in [0.25, 0.3) is 5.91 Å². The first-order valence-electron chi connectivity index (χ1n) is 6.45. The van der Waals surface area contributed by atoms with Crippen LogP contribution in [0.3, 0.4) is 0 Å². The molecule has 2 aromatic carbocycles. The van der Waals surface area contributed by atoms with Crippen molar-refractivity contribution in [2.75, 3.05) is 11.9 Å². The Balaban J connectivity index is 1.86. The van der Waals surface area contributed by atoms with E-state index in [4.69, 9.17) is 11.6 Å². The van der Waals surface area contributed by atoms with Crippen LogP contribution in [0, 0.1) is 6.92 Å². The van der Waals surface area contributed by atoms with Gasteiger partial charge in [-0.3, -0.25) is 9.59 Å². The summed E-state index contributed by atoms with van der Waals surface area (Å²) in [5.41, 5.74) is 2.22. The largest absolute Gasteiger partial charge is 0.343 e. The lowest BCUT2D eigenvalue weighted by Gasteiger charge is -2.07. The zero-order valence-corrected chi connectivity index (χ0v) is 12.3. The molecule has 0 atom stereocenters. The molecule has 108 valence electrons. The van der Waals surface area contributed by atoms with E-state index in [1.54, 1.807) is 30.3 Å². The lowest BCUT2D eigenvalue weighted by atomic mass is 10.2. The van der Waals surface area contributed by atoms with Gasteiger partial charge in [-0.25, -0.2) is 0 Å². The van der Waals surface area contributed by atoms with Crippen molar-refractivity contribution in [3.05, 3.63) is 64.7 Å². The van der Waals surface area contributed by atoms with Gasteiger partial charge in [-0.2, -0.15) is 0 Å². The van der Waals surface area contributed by atoms with E-state index in [2.05, 4.69) is 10.6 Å². The summed E-state index contributed by atoms with van der Waals surface area (Å²) in [7, 11) is 0. The predicted molar refractivity (Wildman–Crippen MR) is 83.6 cm³/mol. The lowest BCUT2D eigenvalue weighted by Crippen LogP contribution is -2.32. The van der Waals surface area contributed by atoms with Gasteiger partial charge in [-0.05, 0) is 48.9 Å². The maximum atomic E-state index is 11.8. The standard InChI is InChI=1S/C16H15ClN2O2/c1-11-3-2-4-14(9-11)19-15(20)10-18-16(21)12-5-7-13(17)8-6-12/h2-9H,10H2,1H3,(H,18,21)(H,19,20). The second-order valence-corrected chi connectivity index (χ2v) is 5.04. The first-order chi connectivity index (χ1) is 10.0. The molecule has 0 spiro atoms. The van der Waals surface area contributed by atoms with Crippen molar-refractivity contribution in [2.45, 2.75) is 6.92 Å². The molecule has 0 radical (unpaired) electrons. The van der Waals surface area contributed by atoms with E-state index in [-0.39, 0.29) is 18.4 Å². The van der Waals surface area contributed by atoms with Crippen LogP contribution in [-0.2, 0) is 4.79 Å². The number of carbonyl (C=O) groups excluding carboxylic acids is 2. The number of carbonyl (C=O) groups is 2. The maximum absolute atomic E-state index is 11.8. The topological polar surface area (TPSA) is 58.2 Å². The van der Waals surface area contributed by atoms with Crippen LogP contribution in [0.4, 0.5) is 5.69 Å². The third-order valence-corrected chi connectivity index (χ3v) is 3.07. The van der Waals surface area contributed by atoms with Crippen LogP contribution in [0.1, 0.15) is 15.9 Å². The number of anilines is 1. The number of nitrogens with one attached hydrogen (secondary N) is 2. The molecule has 0 aromatic heterocycles. The molecule has 2 rings (SSSR count). The van der Waals surface area contributed by atoms with Crippen LogP contribution >= 0.6 is 11.6 Å². The third kappa shape index (κ3) is 4.61. The van der Waals surface area contributed by atoms with Gasteiger partial charge in [-0.1, -0.05) is 23.7 Å². The van der Waals surface area contributed by atoms with E-state index in [1.165, 1.54) is 0 Å². The summed E-state index contributed by atoms with van der Waals surface area (Å²) >= 11 is 5.75. The van der Waals surface area contributed by atoms with Crippen LogP contribution in [0.5, 0.6) is 0 Å². The average molecular weight is 303 g/mol. The summed E-state index contributed by atoms with van der Waals surface area (Å²) in [6, 6.07) is 13.9. The molecule has 0 heterocycles. The van der Waals surface area contributed by atoms with Gasteiger partial charge in [0.05, 0.1) is 6.54 Å². The van der Waals surface area contributed by atoms with Crippen LogP contribution in [0.15, 0.2) is 48.5 Å². The summed E-state index contributed by atoms with van der Waals surface area (Å²) in [5.74, 6) is -0.589. The van der Waals surface area contributed by atoms with Gasteiger partial charge in [-0.15, -0.1) is 0 Å². The van der Waals surface area contributed by atoms with Crippen molar-refractivity contribution in [1.82, 2.24) is 5.32 Å². The van der Waals surface area contributed by atoms with E-state index < -0.39 is 0 Å². The van der Waals surface area contributed by atoms with E-state index in [1.807, 2.05) is 25.1 Å². The monoisotopic (exact) mass is 302 g/mol. The number of rotatable bonds is 4. The Morgan fingerprint density at radius 2 is 1.81 bits per heavy atom. The highest BCUT2D eigenvalue weighted by atomic mass is 35.5. The van der Waals surface area contributed by atoms with Crippen molar-refractivity contribution >= 4 is 29.1 Å². The number of amides is 2. The van der Waals surface area contributed by atoms with Gasteiger partial charge < -0.3 is 10.6 Å². The van der Waals surface area contributed by atoms with Crippen molar-refractivity contribution in [3.8, 4) is 0 Å². The van der Waals surface area contributed by atoms with Gasteiger partial charge in [0.2, 0.25) is 5.91 Å². The molecule has 0 bridgehead atoms. The molecule has 2 aromatic rings. The fourth-order valence-corrected chi connectivity index (χ4v) is 1.92. The van der Waals surface area contributed by atoms with Crippen molar-refractivity contribution in [1.29, 1.82) is 0 Å². The fraction of sp³-hybridized carbons (Fsp3) is 0.125. The zero-order valence-electron chi connectivity index (χ0n) is 11.5. The first-order valence-corrected chi connectivity index (χ1v) is 6.83. The number of halogens is 1. The van der Waals surface area contributed by atoms with Crippen LogP contribution in [0.2, 0.25) is 5.02 Å². The number of hydrogen-bond donors (Lipinski definition) is 2. The number of benzene rings is 2. The number of hydrogen-bond acceptors (Lipinski definition) is 2. The molecule has 5 heteroatoms. The Kier molecular flexibility index (Phi) is 4.95. The molecular weight excluding hydrogens is 288 g/mol. The van der Waals surface area contributed by atoms with Gasteiger partial charge in [0.15, 0.2) is 0 Å². The lowest BCUT2D eigenvalue weighted by molar-refractivity contribution is -0.115. The van der Waals surface area contributed by atoms with Gasteiger partial charge >= 0.3 is 0 Å². The van der Waals surface area contributed by atoms with E-state index in [0.29, 0.717) is 16.3 Å². The Bertz CT molecular complexity index is 654. The summed E-state index contributed by atoms with van der Waals surface area (Å²) in [6.45, 7) is 1.85. The van der Waals surface area contributed by atoms with Crippen LogP contribution in [0.25, 0.3) is 0 Å². The Labute approximate surface area is 128 Å². The summed E-state index contributed by atoms with van der Waals surface area (Å²) in [5, 5.41) is 5.84. The Morgan fingerprint density at radius 1 is 1.10 bits per heavy atom. The van der Waals surface area contributed by atoms with Crippen molar-refractivity contribution in [3.63, 3.8) is 0 Å². The molecule has 0 saturated carbocycles. The second kappa shape index (κ2) is 6.90. The van der Waals surface area contributed by atoms with Gasteiger partial charge in [0, 0.05) is 16.3 Å². The van der Waals surface area contributed by atoms with Crippen LogP contribution < -0.4 is 10.6 Å². The highest BCUT2D eigenvalue weighted by Crippen LogP contribution is 2.10. The van der Waals surface area contributed by atoms with Crippen LogP contribution in [-0.4, -0.2) is 18.4 Å². The molecule has 4 nitrogen and oxygen atoms in total. The molecule has 0 aliphatic heterocycles. The molecule has 2 N–H and O–H groups in total. The molecular formula is C16H15ClN2O2. The summed E-state index contributed by atoms with van der Waals surface area (Å²) in [4.78, 5) is 23.6. The molecule has 0 aliphatic carbocycles. The zero-order chi connectivity index (χ0) is 15.2. The highest BCUT2D eigenvalue weighted by Gasteiger charge is 2.08.